The van der Waals surface area contributed by atoms with Crippen LogP contribution in [0.2, 0.25) is 0 Å². The van der Waals surface area contributed by atoms with E-state index >= 15 is 0 Å². The predicted molar refractivity (Wildman–Crippen MR) is 98.0 cm³/mol. The Morgan fingerprint density at radius 1 is 1.15 bits per heavy atom. The van der Waals surface area contributed by atoms with Gasteiger partial charge in [0.15, 0.2) is 0 Å². The molecule has 8 nitrogen and oxygen atoms in total. The van der Waals surface area contributed by atoms with Gasteiger partial charge in [-0.15, -0.1) is 11.8 Å². The summed E-state index contributed by atoms with van der Waals surface area (Å²) in [5.41, 5.74) is 6.85. The van der Waals surface area contributed by atoms with Gasteiger partial charge in [-0.3, -0.25) is 0 Å². The summed E-state index contributed by atoms with van der Waals surface area (Å²) in [5.74, 6) is 2.77. The highest BCUT2D eigenvalue weighted by Crippen LogP contribution is 2.21. The second-order valence-electron chi connectivity index (χ2n) is 5.77. The fourth-order valence-corrected chi connectivity index (χ4v) is 2.79. The quantitative estimate of drug-likeness (QED) is 0.695. The van der Waals surface area contributed by atoms with E-state index in [1.54, 1.807) is 24.0 Å². The van der Waals surface area contributed by atoms with Gasteiger partial charge in [0.2, 0.25) is 23.6 Å². The number of aromatic nitrogens is 5. The fraction of sp³-hybridized carbons (Fsp3) is 0.312. The maximum atomic E-state index is 13.7. The molecule has 0 aliphatic carbocycles. The van der Waals surface area contributed by atoms with Crippen LogP contribution in [0.3, 0.4) is 0 Å². The Balaban J connectivity index is 1.63. The van der Waals surface area contributed by atoms with E-state index in [0.717, 1.165) is 0 Å². The molecule has 2 N–H and O–H groups in total. The maximum absolute atomic E-state index is 13.7. The SMILES string of the molecule is Cc1ccc(-c2noc(CSCc3nc(N)nc(N(C)C)n3)n2)cc1F. The number of thioether (sulfide) groups is 1. The number of benzene rings is 1. The smallest absolute Gasteiger partial charge is 0.236 e. The molecule has 0 saturated heterocycles. The molecule has 0 fully saturated rings. The van der Waals surface area contributed by atoms with E-state index in [1.165, 1.54) is 17.8 Å². The van der Waals surface area contributed by atoms with Crippen LogP contribution in [0.15, 0.2) is 22.7 Å². The summed E-state index contributed by atoms with van der Waals surface area (Å²) in [4.78, 5) is 18.6. The van der Waals surface area contributed by atoms with Crippen LogP contribution in [0.25, 0.3) is 11.4 Å². The van der Waals surface area contributed by atoms with E-state index in [9.17, 15) is 4.39 Å². The lowest BCUT2D eigenvalue weighted by Crippen LogP contribution is -2.15. The summed E-state index contributed by atoms with van der Waals surface area (Å²) in [6.45, 7) is 1.70. The molecule has 10 heteroatoms. The molecule has 3 aromatic rings. The number of anilines is 2. The van der Waals surface area contributed by atoms with E-state index in [-0.39, 0.29) is 11.8 Å². The van der Waals surface area contributed by atoms with Crippen molar-refractivity contribution >= 4 is 23.7 Å². The Hall–Kier alpha value is -2.75. The third-order valence-electron chi connectivity index (χ3n) is 3.44. The van der Waals surface area contributed by atoms with E-state index < -0.39 is 0 Å². The lowest BCUT2D eigenvalue weighted by molar-refractivity contribution is 0.391. The molecule has 0 atom stereocenters. The van der Waals surface area contributed by atoms with E-state index in [2.05, 4.69) is 25.1 Å². The van der Waals surface area contributed by atoms with Crippen molar-refractivity contribution in [3.8, 4) is 11.4 Å². The van der Waals surface area contributed by atoms with E-state index in [1.807, 2.05) is 14.1 Å². The van der Waals surface area contributed by atoms with Crippen LogP contribution in [0.1, 0.15) is 17.3 Å². The Kier molecular flexibility index (Phi) is 5.31. The summed E-state index contributed by atoms with van der Waals surface area (Å²) in [7, 11) is 3.67. The zero-order valence-corrected chi connectivity index (χ0v) is 15.4. The average Bonchev–Trinajstić information content (AvgIpc) is 3.06. The molecule has 0 bridgehead atoms. The van der Waals surface area contributed by atoms with Crippen LogP contribution < -0.4 is 10.6 Å². The van der Waals surface area contributed by atoms with Gasteiger partial charge < -0.3 is 15.2 Å². The second kappa shape index (κ2) is 7.65. The lowest BCUT2D eigenvalue weighted by atomic mass is 10.1. The topological polar surface area (TPSA) is 107 Å². The van der Waals surface area contributed by atoms with Crippen molar-refractivity contribution in [1.82, 2.24) is 25.1 Å². The van der Waals surface area contributed by atoms with Crippen molar-refractivity contribution < 1.29 is 8.91 Å². The van der Waals surface area contributed by atoms with Gasteiger partial charge in [0.05, 0.1) is 11.5 Å². The molecule has 1 aromatic carbocycles. The molecule has 0 aliphatic heterocycles. The Morgan fingerprint density at radius 3 is 2.69 bits per heavy atom. The van der Waals surface area contributed by atoms with Gasteiger partial charge in [0, 0.05) is 19.7 Å². The van der Waals surface area contributed by atoms with Crippen LogP contribution in [0.4, 0.5) is 16.3 Å². The van der Waals surface area contributed by atoms with Crippen LogP contribution >= 0.6 is 11.8 Å². The highest BCUT2D eigenvalue weighted by Gasteiger charge is 2.12. The summed E-state index contributed by atoms with van der Waals surface area (Å²) < 4.78 is 18.9. The molecule has 0 amide bonds. The van der Waals surface area contributed by atoms with E-state index in [4.69, 9.17) is 10.3 Å². The van der Waals surface area contributed by atoms with Gasteiger partial charge in [-0.1, -0.05) is 17.3 Å². The van der Waals surface area contributed by atoms with Gasteiger partial charge >= 0.3 is 0 Å². The number of hydrogen-bond donors (Lipinski definition) is 1. The highest BCUT2D eigenvalue weighted by molar-refractivity contribution is 7.97. The number of aryl methyl sites for hydroxylation is 1. The van der Waals surface area contributed by atoms with Gasteiger partial charge in [-0.05, 0) is 18.6 Å². The van der Waals surface area contributed by atoms with Crippen LogP contribution in [0.5, 0.6) is 0 Å². The summed E-state index contributed by atoms with van der Waals surface area (Å²) in [5, 5.41) is 3.90. The first-order valence-electron chi connectivity index (χ1n) is 7.77. The van der Waals surface area contributed by atoms with Crippen molar-refractivity contribution in [3.05, 3.63) is 41.3 Å². The molecule has 0 spiro atoms. The Morgan fingerprint density at radius 2 is 1.96 bits per heavy atom. The van der Waals surface area contributed by atoms with Crippen LogP contribution in [-0.4, -0.2) is 39.2 Å². The zero-order valence-electron chi connectivity index (χ0n) is 14.6. The van der Waals surface area contributed by atoms with Gasteiger partial charge in [0.25, 0.3) is 0 Å². The minimum absolute atomic E-state index is 0.181. The van der Waals surface area contributed by atoms with Crippen molar-refractivity contribution in [2.75, 3.05) is 24.7 Å². The largest absolute Gasteiger partial charge is 0.368 e. The van der Waals surface area contributed by atoms with Gasteiger partial charge in [-0.2, -0.15) is 19.9 Å². The molecular formula is C16H18FN7OS. The summed E-state index contributed by atoms with van der Waals surface area (Å²) in [6.07, 6.45) is 0. The number of nitrogens with two attached hydrogens (primary N) is 1. The van der Waals surface area contributed by atoms with E-state index in [0.29, 0.717) is 46.1 Å². The predicted octanol–water partition coefficient (Wildman–Crippen LogP) is 2.45. The first-order valence-corrected chi connectivity index (χ1v) is 8.92. The number of rotatable bonds is 6. The summed E-state index contributed by atoms with van der Waals surface area (Å²) >= 11 is 1.51. The third kappa shape index (κ3) is 4.26. The second-order valence-corrected chi connectivity index (χ2v) is 6.76. The molecule has 26 heavy (non-hydrogen) atoms. The normalized spacial score (nSPS) is 10.9. The van der Waals surface area contributed by atoms with Crippen molar-refractivity contribution in [3.63, 3.8) is 0 Å². The van der Waals surface area contributed by atoms with Gasteiger partial charge in [-0.25, -0.2) is 4.39 Å². The standard InChI is InChI=1S/C16H18FN7OS/c1-9-4-5-10(6-11(9)17)14-21-13(25-23-14)8-26-7-12-19-15(18)22-16(20-12)24(2)3/h4-6H,7-8H2,1-3H3,(H2,18,19,20,22). The van der Waals surface area contributed by atoms with Crippen LogP contribution in [-0.2, 0) is 11.5 Å². The molecular weight excluding hydrogens is 357 g/mol. The monoisotopic (exact) mass is 375 g/mol. The highest BCUT2D eigenvalue weighted by atomic mass is 32.2. The first kappa shape index (κ1) is 18.1. The maximum Gasteiger partial charge on any atom is 0.236 e. The molecule has 0 radical (unpaired) electrons. The number of hydrogen-bond acceptors (Lipinski definition) is 9. The van der Waals surface area contributed by atoms with Gasteiger partial charge in [0.1, 0.15) is 11.6 Å². The molecule has 0 aliphatic rings. The Bertz CT molecular complexity index is 915. The molecule has 2 aromatic heterocycles. The number of halogens is 1. The van der Waals surface area contributed by atoms with Crippen molar-refractivity contribution in [2.24, 2.45) is 0 Å². The molecule has 136 valence electrons. The Labute approximate surface area is 154 Å². The summed E-state index contributed by atoms with van der Waals surface area (Å²) in [6, 6.07) is 4.84. The van der Waals surface area contributed by atoms with Crippen molar-refractivity contribution in [2.45, 2.75) is 18.4 Å². The fourth-order valence-electron chi connectivity index (χ4n) is 2.08. The number of nitrogens with zero attached hydrogens (tertiary/aromatic N) is 6. The third-order valence-corrected chi connectivity index (χ3v) is 4.36. The lowest BCUT2D eigenvalue weighted by Gasteiger charge is -2.10. The number of nitrogen functional groups attached to an aromatic ring is 1. The average molecular weight is 375 g/mol. The van der Waals surface area contributed by atoms with Crippen molar-refractivity contribution in [1.29, 1.82) is 0 Å². The minimum Gasteiger partial charge on any atom is -0.368 e. The zero-order chi connectivity index (χ0) is 18.7. The first-order chi connectivity index (χ1) is 12.4. The molecule has 0 saturated carbocycles. The molecule has 2 heterocycles. The molecule has 0 unspecified atom stereocenters. The molecule has 3 rings (SSSR count). The van der Waals surface area contributed by atoms with Crippen LogP contribution in [0, 0.1) is 12.7 Å². The minimum atomic E-state index is -0.299.